The first-order chi connectivity index (χ1) is 19.1. The Hall–Kier alpha value is -3.61. The van der Waals surface area contributed by atoms with Crippen molar-refractivity contribution in [3.05, 3.63) is 52.6 Å². The van der Waals surface area contributed by atoms with Gasteiger partial charge in [0.15, 0.2) is 34.6 Å². The molecule has 7 nitrogen and oxygen atoms in total. The summed E-state index contributed by atoms with van der Waals surface area (Å²) in [5.74, 6) is 2.49. The Morgan fingerprint density at radius 1 is 0.825 bits per heavy atom. The van der Waals surface area contributed by atoms with Gasteiger partial charge in [-0.2, -0.15) is 0 Å². The number of nitrogens with zero attached hydrogens (tertiary/aromatic N) is 1. The number of carbonyl (C=O) groups is 2. The molecule has 7 heteroatoms. The first-order valence-corrected chi connectivity index (χ1v) is 14.0. The topological polar surface area (TPSA) is 83.4 Å². The number of aliphatic imine (C=N–C) groups is 1. The molecule has 2 aromatic rings. The van der Waals surface area contributed by atoms with Crippen molar-refractivity contribution >= 4 is 23.5 Å². The Kier molecular flexibility index (Phi) is 13.4. The molecule has 1 atom stereocenters. The summed E-state index contributed by atoms with van der Waals surface area (Å²) in [6.07, 6.45) is 8.51. The van der Waals surface area contributed by atoms with Crippen molar-refractivity contribution in [2.75, 3.05) is 27.4 Å². The van der Waals surface area contributed by atoms with Gasteiger partial charge in [-0.15, -0.1) is 0 Å². The van der Waals surface area contributed by atoms with Gasteiger partial charge in [-0.05, 0) is 96.4 Å². The molecule has 218 valence electrons. The van der Waals surface area contributed by atoms with E-state index in [-0.39, 0.29) is 11.6 Å². The summed E-state index contributed by atoms with van der Waals surface area (Å²) >= 11 is 0. The molecule has 0 saturated heterocycles. The van der Waals surface area contributed by atoms with E-state index in [0.29, 0.717) is 58.9 Å². The van der Waals surface area contributed by atoms with Gasteiger partial charge in [0.1, 0.15) is 0 Å². The Balaban J connectivity index is 1.98. The van der Waals surface area contributed by atoms with Gasteiger partial charge in [-0.3, -0.25) is 14.6 Å². The smallest absolute Gasteiger partial charge is 0.163 e. The number of ketones is 2. The molecule has 0 heterocycles. The number of rotatable bonds is 17. The highest BCUT2D eigenvalue weighted by Crippen LogP contribution is 2.36. The van der Waals surface area contributed by atoms with Gasteiger partial charge in [0.2, 0.25) is 0 Å². The molecule has 0 radical (unpaired) electrons. The number of unbranched alkanes of at least 4 members (excludes halogenated alkanes) is 2. The molecule has 0 aliphatic carbocycles. The van der Waals surface area contributed by atoms with Crippen molar-refractivity contribution in [2.24, 2.45) is 10.9 Å². The molecule has 2 rings (SSSR count). The maximum Gasteiger partial charge on any atom is 0.163 e. The monoisotopic (exact) mass is 551 g/mol. The van der Waals surface area contributed by atoms with E-state index < -0.39 is 0 Å². The van der Waals surface area contributed by atoms with Gasteiger partial charge in [0, 0.05) is 23.4 Å². The fourth-order valence-corrected chi connectivity index (χ4v) is 4.29. The van der Waals surface area contributed by atoms with Crippen molar-refractivity contribution < 1.29 is 28.5 Å². The van der Waals surface area contributed by atoms with Gasteiger partial charge in [0.25, 0.3) is 0 Å². The molecule has 2 aromatic carbocycles. The predicted octanol–water partition coefficient (Wildman–Crippen LogP) is 8.13. The van der Waals surface area contributed by atoms with E-state index in [1.54, 1.807) is 39.3 Å². The lowest BCUT2D eigenvalue weighted by Crippen LogP contribution is -2.05. The van der Waals surface area contributed by atoms with Crippen molar-refractivity contribution in [1.82, 2.24) is 0 Å². The standard InChI is InChI=1S/C33H45NO6/c1-9-22(3)16-26(10-2)21-34-29-20-33(31(38-8)19-28(29)25(6)36)40-15-13-11-12-14-39-32-17-23(4)27(24(5)35)18-30(32)37-7/h9,17-21,26H,10-16H2,1-8H3/b22-9-,34-21-. The lowest BCUT2D eigenvalue weighted by Gasteiger charge is -2.15. The summed E-state index contributed by atoms with van der Waals surface area (Å²) in [6.45, 7) is 12.3. The van der Waals surface area contributed by atoms with Crippen LogP contribution in [0.4, 0.5) is 5.69 Å². The maximum absolute atomic E-state index is 12.3. The minimum absolute atomic E-state index is 0.00141. The number of hydrogen-bond donors (Lipinski definition) is 0. The molecule has 0 fully saturated rings. The maximum atomic E-state index is 12.3. The van der Waals surface area contributed by atoms with Crippen molar-refractivity contribution in [2.45, 2.75) is 73.6 Å². The zero-order valence-electron chi connectivity index (χ0n) is 25.4. The third kappa shape index (κ3) is 9.54. The normalized spacial score (nSPS) is 12.3. The molecule has 0 N–H and O–H groups in total. The fourth-order valence-electron chi connectivity index (χ4n) is 4.29. The highest BCUT2D eigenvalue weighted by molar-refractivity contribution is 6.00. The predicted molar refractivity (Wildman–Crippen MR) is 162 cm³/mol. The number of benzene rings is 2. The summed E-state index contributed by atoms with van der Waals surface area (Å²) in [4.78, 5) is 28.8. The van der Waals surface area contributed by atoms with E-state index in [1.165, 1.54) is 12.5 Å². The van der Waals surface area contributed by atoms with E-state index in [9.17, 15) is 9.59 Å². The van der Waals surface area contributed by atoms with E-state index >= 15 is 0 Å². The number of carbonyl (C=O) groups excluding carboxylic acids is 2. The van der Waals surface area contributed by atoms with Gasteiger partial charge >= 0.3 is 0 Å². The molecule has 0 bridgehead atoms. The van der Waals surface area contributed by atoms with Crippen molar-refractivity contribution in [1.29, 1.82) is 0 Å². The highest BCUT2D eigenvalue weighted by atomic mass is 16.5. The molecule has 0 amide bonds. The van der Waals surface area contributed by atoms with Crippen LogP contribution in [0, 0.1) is 12.8 Å². The van der Waals surface area contributed by atoms with Crippen LogP contribution in [0.25, 0.3) is 0 Å². The summed E-state index contributed by atoms with van der Waals surface area (Å²) in [5, 5.41) is 0. The first-order valence-electron chi connectivity index (χ1n) is 14.0. The number of ether oxygens (including phenoxy) is 4. The van der Waals surface area contributed by atoms with Crippen LogP contribution in [-0.4, -0.2) is 45.2 Å². The van der Waals surface area contributed by atoms with Crippen LogP contribution in [0.3, 0.4) is 0 Å². The highest BCUT2D eigenvalue weighted by Gasteiger charge is 2.16. The molecular formula is C33H45NO6. The minimum Gasteiger partial charge on any atom is -0.493 e. The number of hydrogen-bond acceptors (Lipinski definition) is 7. The molecule has 1 unspecified atom stereocenters. The SMILES string of the molecule is C/C=C(/C)CC(/C=N\c1cc(OCCCCCOc2cc(C)c(C(C)=O)cc2OC)c(OC)cc1C(C)=O)CC. The number of allylic oxidation sites excluding steroid dienone is 2. The zero-order chi connectivity index (χ0) is 29.7. The van der Waals surface area contributed by atoms with Crippen LogP contribution >= 0.6 is 0 Å². The number of aryl methyl sites for hydroxylation is 1. The van der Waals surface area contributed by atoms with Gasteiger partial charge in [-0.25, -0.2) is 0 Å². The molecule has 0 aromatic heterocycles. The van der Waals surface area contributed by atoms with Gasteiger partial charge in [-0.1, -0.05) is 18.6 Å². The van der Waals surface area contributed by atoms with Crippen LogP contribution in [0.15, 0.2) is 40.9 Å². The minimum atomic E-state index is -0.0718. The molecule has 0 aliphatic rings. The molecule has 0 saturated carbocycles. The van der Waals surface area contributed by atoms with E-state index in [0.717, 1.165) is 37.7 Å². The van der Waals surface area contributed by atoms with Crippen LogP contribution in [0.2, 0.25) is 0 Å². The van der Waals surface area contributed by atoms with E-state index in [4.69, 9.17) is 23.9 Å². The van der Waals surface area contributed by atoms with Crippen LogP contribution in [0.1, 0.15) is 93.0 Å². The second kappa shape index (κ2) is 16.5. The summed E-state index contributed by atoms with van der Waals surface area (Å²) in [6, 6.07) is 7.09. The molecular weight excluding hydrogens is 506 g/mol. The van der Waals surface area contributed by atoms with Gasteiger partial charge in [0.05, 0.1) is 33.1 Å². The zero-order valence-corrected chi connectivity index (χ0v) is 25.4. The quantitative estimate of drug-likeness (QED) is 0.0854. The van der Waals surface area contributed by atoms with Crippen molar-refractivity contribution in [3.8, 4) is 23.0 Å². The first kappa shape index (κ1) is 32.6. The van der Waals surface area contributed by atoms with Crippen LogP contribution in [0.5, 0.6) is 23.0 Å². The Labute approximate surface area is 239 Å². The van der Waals surface area contributed by atoms with E-state index in [1.807, 2.05) is 26.1 Å². The Bertz CT molecular complexity index is 1210. The van der Waals surface area contributed by atoms with Crippen LogP contribution < -0.4 is 18.9 Å². The number of methoxy groups -OCH3 is 2. The molecule has 40 heavy (non-hydrogen) atoms. The lowest BCUT2D eigenvalue weighted by atomic mass is 9.98. The third-order valence-electron chi connectivity index (χ3n) is 6.88. The second-order valence-corrected chi connectivity index (χ2v) is 9.99. The lowest BCUT2D eigenvalue weighted by molar-refractivity contribution is 0.100. The number of Topliss-reactive ketones (excluding diaryl/α,β-unsaturated/α-hetero) is 2. The average molecular weight is 552 g/mol. The Morgan fingerprint density at radius 3 is 1.88 bits per heavy atom. The second-order valence-electron chi connectivity index (χ2n) is 9.99. The largest absolute Gasteiger partial charge is 0.493 e. The summed E-state index contributed by atoms with van der Waals surface area (Å²) in [7, 11) is 3.14. The summed E-state index contributed by atoms with van der Waals surface area (Å²) < 4.78 is 22.9. The summed E-state index contributed by atoms with van der Waals surface area (Å²) in [5.41, 5.74) is 3.92. The molecule has 0 spiro atoms. The van der Waals surface area contributed by atoms with Gasteiger partial charge < -0.3 is 18.9 Å². The fraction of sp³-hybridized carbons (Fsp3) is 0.485. The van der Waals surface area contributed by atoms with Crippen LogP contribution in [-0.2, 0) is 0 Å². The Morgan fingerprint density at radius 2 is 1.38 bits per heavy atom. The van der Waals surface area contributed by atoms with E-state index in [2.05, 4.69) is 19.9 Å². The average Bonchev–Trinajstić information content (AvgIpc) is 2.94. The molecule has 0 aliphatic heterocycles. The van der Waals surface area contributed by atoms with Crippen molar-refractivity contribution in [3.63, 3.8) is 0 Å². The third-order valence-corrected chi connectivity index (χ3v) is 6.88.